The molecule has 3 aromatic rings. The number of methoxy groups -OCH3 is 1. The minimum absolute atomic E-state index is 0.286. The second-order valence-electron chi connectivity index (χ2n) is 8.03. The molecular weight excluding hydrogens is 456 g/mol. The predicted molar refractivity (Wildman–Crippen MR) is 127 cm³/mol. The Kier molecular flexibility index (Phi) is 6.68. The number of benzene rings is 2. The number of hydrogen-bond donors (Lipinski definition) is 0. The van der Waals surface area contributed by atoms with Gasteiger partial charge in [0.15, 0.2) is 0 Å². The summed E-state index contributed by atoms with van der Waals surface area (Å²) in [7, 11) is 1.64. The summed E-state index contributed by atoms with van der Waals surface area (Å²) >= 11 is 3.63. The Balaban J connectivity index is 2.00. The molecule has 1 aromatic heterocycles. The summed E-state index contributed by atoms with van der Waals surface area (Å²) in [5.41, 5.74) is 3.58. The lowest BCUT2D eigenvalue weighted by Gasteiger charge is -2.33. The minimum atomic E-state index is -0.286. The molecular formula is C25H29BrN2O3. The molecule has 0 amide bonds. The van der Waals surface area contributed by atoms with Crippen LogP contribution in [0.15, 0.2) is 46.9 Å². The van der Waals surface area contributed by atoms with Gasteiger partial charge in [-0.25, -0.2) is 4.79 Å². The number of ether oxygens (including phenoxy) is 2. The van der Waals surface area contributed by atoms with E-state index in [1.165, 1.54) is 19.3 Å². The molecule has 5 nitrogen and oxygen atoms in total. The van der Waals surface area contributed by atoms with Crippen LogP contribution >= 0.6 is 15.9 Å². The summed E-state index contributed by atoms with van der Waals surface area (Å²) in [5.74, 6) is 0.410. The molecule has 1 saturated heterocycles. The van der Waals surface area contributed by atoms with Crippen molar-refractivity contribution in [3.8, 4) is 11.4 Å². The number of carbonyl (C=O) groups is 1. The normalized spacial score (nSPS) is 17.1. The van der Waals surface area contributed by atoms with Crippen molar-refractivity contribution in [3.05, 3.63) is 58.2 Å². The summed E-state index contributed by atoms with van der Waals surface area (Å²) in [4.78, 5) is 15.7. The first-order chi connectivity index (χ1) is 15.0. The number of para-hydroxylation sites is 1. The fourth-order valence-corrected chi connectivity index (χ4v) is 5.03. The number of nitrogens with zero attached hydrogens (tertiary/aromatic N) is 2. The first kappa shape index (κ1) is 21.9. The van der Waals surface area contributed by atoms with Crippen LogP contribution < -0.4 is 4.74 Å². The van der Waals surface area contributed by atoms with Crippen LogP contribution in [-0.2, 0) is 11.3 Å². The van der Waals surface area contributed by atoms with E-state index >= 15 is 0 Å². The van der Waals surface area contributed by atoms with Gasteiger partial charge in [0.2, 0.25) is 0 Å². The maximum absolute atomic E-state index is 13.2. The summed E-state index contributed by atoms with van der Waals surface area (Å²) in [6.45, 7) is 6.19. The first-order valence-electron chi connectivity index (χ1n) is 10.9. The van der Waals surface area contributed by atoms with Gasteiger partial charge in [-0.15, -0.1) is 0 Å². The molecule has 6 heteroatoms. The summed E-state index contributed by atoms with van der Waals surface area (Å²) < 4.78 is 14.1. The average molecular weight is 485 g/mol. The van der Waals surface area contributed by atoms with Crippen LogP contribution in [0.4, 0.5) is 0 Å². The van der Waals surface area contributed by atoms with Crippen LogP contribution in [0.3, 0.4) is 0 Å². The van der Waals surface area contributed by atoms with E-state index < -0.39 is 0 Å². The van der Waals surface area contributed by atoms with Crippen LogP contribution in [0.25, 0.3) is 16.6 Å². The first-order valence-corrected chi connectivity index (χ1v) is 11.7. The van der Waals surface area contributed by atoms with Gasteiger partial charge in [-0.2, -0.15) is 0 Å². The van der Waals surface area contributed by atoms with E-state index in [4.69, 9.17) is 9.47 Å². The minimum Gasteiger partial charge on any atom is -0.496 e. The largest absolute Gasteiger partial charge is 0.496 e. The highest BCUT2D eigenvalue weighted by molar-refractivity contribution is 9.10. The molecule has 1 atom stereocenters. The Morgan fingerprint density at radius 2 is 1.97 bits per heavy atom. The Morgan fingerprint density at radius 3 is 2.65 bits per heavy atom. The highest BCUT2D eigenvalue weighted by Crippen LogP contribution is 2.38. The fraction of sp³-hybridized carbons (Fsp3) is 0.400. The summed E-state index contributed by atoms with van der Waals surface area (Å²) in [5, 5.41) is 0.849. The molecule has 0 saturated carbocycles. The van der Waals surface area contributed by atoms with Crippen LogP contribution in [0, 0.1) is 0 Å². The molecule has 0 aliphatic carbocycles. The third-order valence-corrected chi connectivity index (χ3v) is 6.75. The maximum atomic E-state index is 13.2. The molecule has 0 radical (unpaired) electrons. The van der Waals surface area contributed by atoms with Crippen molar-refractivity contribution in [3.63, 3.8) is 0 Å². The molecule has 164 valence electrons. The number of aromatic nitrogens is 1. The van der Waals surface area contributed by atoms with Gasteiger partial charge >= 0.3 is 5.97 Å². The van der Waals surface area contributed by atoms with E-state index in [-0.39, 0.29) is 5.97 Å². The maximum Gasteiger partial charge on any atom is 0.340 e. The van der Waals surface area contributed by atoms with Crippen molar-refractivity contribution >= 4 is 32.8 Å². The molecule has 1 aliphatic heterocycles. The molecule has 2 heterocycles. The number of likely N-dealkylation sites (tertiary alicyclic amines) is 1. The highest BCUT2D eigenvalue weighted by Gasteiger charge is 2.29. The van der Waals surface area contributed by atoms with Crippen molar-refractivity contribution in [2.75, 3.05) is 20.3 Å². The van der Waals surface area contributed by atoms with Crippen molar-refractivity contribution in [1.82, 2.24) is 9.47 Å². The highest BCUT2D eigenvalue weighted by atomic mass is 79.9. The zero-order chi connectivity index (χ0) is 22.0. The van der Waals surface area contributed by atoms with E-state index in [1.807, 2.05) is 37.3 Å². The van der Waals surface area contributed by atoms with Crippen molar-refractivity contribution < 1.29 is 14.3 Å². The zero-order valence-corrected chi connectivity index (χ0v) is 19.9. The number of carbonyl (C=O) groups excluding carboxylic acids is 1. The lowest BCUT2D eigenvalue weighted by molar-refractivity contribution is 0.0524. The van der Waals surface area contributed by atoms with E-state index in [9.17, 15) is 4.79 Å². The molecule has 31 heavy (non-hydrogen) atoms. The molecule has 1 aliphatic rings. The average Bonchev–Trinajstić information content (AvgIpc) is 3.08. The van der Waals surface area contributed by atoms with Crippen LogP contribution in [-0.4, -0.2) is 41.7 Å². The van der Waals surface area contributed by atoms with Gasteiger partial charge in [0, 0.05) is 23.7 Å². The third kappa shape index (κ3) is 4.23. The second kappa shape index (κ2) is 9.45. The van der Waals surface area contributed by atoms with Crippen molar-refractivity contribution in [2.45, 2.75) is 45.7 Å². The Morgan fingerprint density at radius 1 is 1.19 bits per heavy atom. The third-order valence-electron chi connectivity index (χ3n) is 6.13. The topological polar surface area (TPSA) is 43.7 Å². The number of rotatable bonds is 6. The lowest BCUT2D eigenvalue weighted by atomic mass is 10.0. The molecule has 0 N–H and O–H groups in total. The van der Waals surface area contributed by atoms with Crippen molar-refractivity contribution in [2.24, 2.45) is 0 Å². The van der Waals surface area contributed by atoms with E-state index in [0.29, 0.717) is 30.5 Å². The van der Waals surface area contributed by atoms with Gasteiger partial charge in [-0.3, -0.25) is 4.90 Å². The van der Waals surface area contributed by atoms with Crippen molar-refractivity contribution in [1.29, 1.82) is 0 Å². The summed E-state index contributed by atoms with van der Waals surface area (Å²) in [6, 6.07) is 14.7. The van der Waals surface area contributed by atoms with Crippen LogP contribution in [0.2, 0.25) is 0 Å². The number of fused-ring (bicyclic) bond motifs is 1. The standard InChI is InChI=1S/C25H29BrN2O3/c1-4-31-25(29)24-19-14-23(30-3)20(26)15-21(19)28(18-11-6-5-7-12-18)22(24)16-27-13-9-8-10-17(27)2/h5-7,11-12,14-15,17H,4,8-10,13,16H2,1-3H3. The van der Waals surface area contributed by atoms with Gasteiger partial charge in [0.05, 0.1) is 35.0 Å². The Hall–Kier alpha value is -2.31. The molecule has 0 bridgehead atoms. The monoisotopic (exact) mass is 484 g/mol. The Labute approximate surface area is 192 Å². The van der Waals surface area contributed by atoms with E-state index in [0.717, 1.165) is 33.3 Å². The predicted octanol–water partition coefficient (Wildman–Crippen LogP) is 5.95. The summed E-state index contributed by atoms with van der Waals surface area (Å²) in [6.07, 6.45) is 3.62. The van der Waals surface area contributed by atoms with Gasteiger partial charge in [0.25, 0.3) is 0 Å². The molecule has 0 spiro atoms. The smallest absolute Gasteiger partial charge is 0.340 e. The quantitative estimate of drug-likeness (QED) is 0.405. The number of halogens is 1. The SMILES string of the molecule is CCOC(=O)c1c(CN2CCCCC2C)n(-c2ccccc2)c2cc(Br)c(OC)cc12. The Bertz CT molecular complexity index is 1080. The van der Waals surface area contributed by atoms with Gasteiger partial charge in [-0.1, -0.05) is 24.6 Å². The fourth-order valence-electron chi connectivity index (χ4n) is 4.53. The lowest BCUT2D eigenvalue weighted by Crippen LogP contribution is -2.37. The number of esters is 1. The van der Waals surface area contributed by atoms with Crippen LogP contribution in [0.1, 0.15) is 49.2 Å². The van der Waals surface area contributed by atoms with E-state index in [2.05, 4.69) is 44.5 Å². The molecule has 1 unspecified atom stereocenters. The molecule has 2 aromatic carbocycles. The van der Waals surface area contributed by atoms with Crippen LogP contribution in [0.5, 0.6) is 5.75 Å². The molecule has 1 fully saturated rings. The number of hydrogen-bond acceptors (Lipinski definition) is 4. The van der Waals surface area contributed by atoms with Gasteiger partial charge < -0.3 is 14.0 Å². The van der Waals surface area contributed by atoms with Gasteiger partial charge in [0.1, 0.15) is 5.75 Å². The van der Waals surface area contributed by atoms with Gasteiger partial charge in [-0.05, 0) is 73.4 Å². The number of piperidine rings is 1. The zero-order valence-electron chi connectivity index (χ0n) is 18.4. The second-order valence-corrected chi connectivity index (χ2v) is 8.89. The molecule has 4 rings (SSSR count). The van der Waals surface area contributed by atoms with E-state index in [1.54, 1.807) is 7.11 Å².